The van der Waals surface area contributed by atoms with Gasteiger partial charge in [0.05, 0.1) is 0 Å². The zero-order valence-electron chi connectivity index (χ0n) is 10.2. The highest BCUT2D eigenvalue weighted by Gasteiger charge is 2.55. The quantitative estimate of drug-likeness (QED) is 0.341. The summed E-state index contributed by atoms with van der Waals surface area (Å²) >= 11 is 0. The molecule has 0 spiro atoms. The molecule has 17 heavy (non-hydrogen) atoms. The average molecular weight is 289 g/mol. The smallest absolute Gasteiger partial charge is 0.366 e. The molecule has 0 aliphatic heterocycles. The normalized spacial score (nSPS) is 20.0. The van der Waals surface area contributed by atoms with E-state index in [-0.39, 0.29) is 12.5 Å². The highest BCUT2D eigenvalue weighted by Crippen LogP contribution is 2.69. The number of hydrogen-bond donors (Lipinski definition) is 5. The van der Waals surface area contributed by atoms with E-state index in [2.05, 4.69) is 5.32 Å². The van der Waals surface area contributed by atoms with Crippen LogP contribution in [0.25, 0.3) is 0 Å². The number of rotatable bonds is 7. The Balaban J connectivity index is 4.66. The zero-order valence-corrected chi connectivity index (χ0v) is 12.0. The van der Waals surface area contributed by atoms with Gasteiger partial charge in [-0.2, -0.15) is 0 Å². The number of hydrogen-bond acceptors (Lipinski definition) is 4. The van der Waals surface area contributed by atoms with Crippen molar-refractivity contribution in [1.82, 2.24) is 5.32 Å². The molecule has 0 aliphatic carbocycles. The van der Waals surface area contributed by atoms with Crippen LogP contribution in [-0.4, -0.2) is 44.1 Å². The summed E-state index contributed by atoms with van der Waals surface area (Å²) in [6.45, 7) is 4.94. The Labute approximate surface area is 101 Å². The summed E-state index contributed by atoms with van der Waals surface area (Å²) in [7, 11) is -9.37. The first-order valence-electron chi connectivity index (χ1n) is 5.23. The predicted octanol–water partition coefficient (Wildman–Crippen LogP) is 0.489. The third kappa shape index (κ3) is 4.79. The van der Waals surface area contributed by atoms with E-state index in [9.17, 15) is 19.1 Å². The maximum absolute atomic E-state index is 11.4. The molecule has 2 unspecified atom stereocenters. The molecule has 0 aromatic heterocycles. The summed E-state index contributed by atoms with van der Waals surface area (Å²) in [5, 5.41) is 9.88. The molecule has 9 heteroatoms. The molecule has 0 aromatic rings. The van der Waals surface area contributed by atoms with E-state index < -0.39 is 26.5 Å². The first-order valence-corrected chi connectivity index (χ1v) is 8.95. The lowest BCUT2D eigenvalue weighted by Crippen LogP contribution is -2.31. The van der Waals surface area contributed by atoms with Crippen molar-refractivity contribution in [2.24, 2.45) is 0 Å². The average Bonchev–Trinajstić information content (AvgIpc) is 2.07. The van der Waals surface area contributed by atoms with Gasteiger partial charge in [-0.15, -0.1) is 0 Å². The topological polar surface area (TPSA) is 127 Å². The maximum Gasteiger partial charge on any atom is 0.366 e. The Hall–Kier alpha value is 0.260. The van der Waals surface area contributed by atoms with Crippen LogP contribution in [0.3, 0.4) is 0 Å². The van der Waals surface area contributed by atoms with E-state index in [0.717, 1.165) is 6.66 Å². The fourth-order valence-electron chi connectivity index (χ4n) is 1.31. The molecule has 0 aliphatic rings. The molecule has 0 heterocycles. The van der Waals surface area contributed by atoms with Crippen LogP contribution in [0.5, 0.6) is 0 Å². The molecular weight excluding hydrogens is 268 g/mol. The van der Waals surface area contributed by atoms with Crippen LogP contribution in [0, 0.1) is 0 Å². The van der Waals surface area contributed by atoms with Crippen molar-refractivity contribution in [2.45, 2.75) is 37.8 Å². The lowest BCUT2D eigenvalue weighted by atomic mass is 10.3. The van der Waals surface area contributed by atoms with Crippen LogP contribution >= 0.6 is 15.0 Å². The van der Waals surface area contributed by atoms with Crippen molar-refractivity contribution in [3.05, 3.63) is 0 Å². The predicted molar refractivity (Wildman–Crippen MR) is 65.1 cm³/mol. The van der Waals surface area contributed by atoms with Gasteiger partial charge in [-0.3, -0.25) is 9.13 Å². The Kier molecular flexibility index (Phi) is 6.02. The van der Waals surface area contributed by atoms with E-state index >= 15 is 0 Å². The molecule has 0 radical (unpaired) electrons. The van der Waals surface area contributed by atoms with Crippen molar-refractivity contribution in [1.29, 1.82) is 0 Å². The minimum absolute atomic E-state index is 0.193. The third-order valence-corrected chi connectivity index (χ3v) is 6.98. The molecule has 0 bridgehead atoms. The molecule has 0 fully saturated rings. The van der Waals surface area contributed by atoms with Gasteiger partial charge in [0.1, 0.15) is 0 Å². The fourth-order valence-corrected chi connectivity index (χ4v) is 4.27. The summed E-state index contributed by atoms with van der Waals surface area (Å²) in [5.41, 5.74) is 0. The van der Waals surface area contributed by atoms with Crippen LogP contribution in [0.4, 0.5) is 0 Å². The van der Waals surface area contributed by atoms with Crippen LogP contribution in [0.1, 0.15) is 26.7 Å². The first-order chi connectivity index (χ1) is 7.42. The van der Waals surface area contributed by atoms with E-state index in [1.807, 2.05) is 13.8 Å². The lowest BCUT2D eigenvalue weighted by Gasteiger charge is -2.31. The molecule has 0 saturated carbocycles. The van der Waals surface area contributed by atoms with Crippen molar-refractivity contribution in [2.75, 3.05) is 13.2 Å². The summed E-state index contributed by atoms with van der Waals surface area (Å²) < 4.78 is 22.5. The van der Waals surface area contributed by atoms with Crippen LogP contribution < -0.4 is 5.32 Å². The largest absolute Gasteiger partial charge is 0.369 e. The highest BCUT2D eigenvalue weighted by atomic mass is 31.2. The van der Waals surface area contributed by atoms with Gasteiger partial charge in [-0.1, -0.05) is 13.8 Å². The van der Waals surface area contributed by atoms with E-state index in [0.29, 0.717) is 6.54 Å². The molecule has 0 rings (SSSR count). The van der Waals surface area contributed by atoms with Gasteiger partial charge in [0.25, 0.3) is 0 Å². The zero-order chi connectivity index (χ0) is 13.9. The lowest BCUT2D eigenvalue weighted by molar-refractivity contribution is 0.139. The molecule has 2 atom stereocenters. The number of nitrogens with one attached hydrogen (secondary N) is 1. The van der Waals surface area contributed by atoms with Crippen molar-refractivity contribution >= 4 is 15.0 Å². The number of aliphatic hydroxyl groups is 1. The molecular formula is C8H21NO6P2. The fraction of sp³-hybridized carbons (Fsp3) is 1.00. The molecule has 104 valence electrons. The Bertz CT molecular complexity index is 311. The molecule has 0 aromatic carbocycles. The summed E-state index contributed by atoms with van der Waals surface area (Å²) in [6.07, 6.45) is -0.237. The van der Waals surface area contributed by atoms with Gasteiger partial charge in [0.2, 0.25) is 12.5 Å². The second-order valence-electron chi connectivity index (χ2n) is 4.41. The van der Waals surface area contributed by atoms with E-state index in [1.165, 1.54) is 0 Å². The van der Waals surface area contributed by atoms with Crippen LogP contribution in [-0.2, 0) is 9.13 Å². The van der Waals surface area contributed by atoms with Crippen LogP contribution in [0.15, 0.2) is 0 Å². The second-order valence-corrected chi connectivity index (χ2v) is 9.09. The minimum atomic E-state index is -5.06. The summed E-state index contributed by atoms with van der Waals surface area (Å²) in [4.78, 5) is 27.3. The van der Waals surface area contributed by atoms with Gasteiger partial charge in [0, 0.05) is 12.7 Å². The SMILES string of the molecule is CC(C)NCCCC(O)(P(C)(=O)O)P(=O)(O)O. The minimum Gasteiger partial charge on any atom is -0.369 e. The summed E-state index contributed by atoms with van der Waals surface area (Å²) in [6, 6.07) is 0.195. The van der Waals surface area contributed by atoms with Gasteiger partial charge < -0.3 is 25.1 Å². The van der Waals surface area contributed by atoms with Crippen LogP contribution in [0.2, 0.25) is 0 Å². The highest BCUT2D eigenvalue weighted by molar-refractivity contribution is 7.74. The Morgan fingerprint density at radius 3 is 2.00 bits per heavy atom. The van der Waals surface area contributed by atoms with Crippen molar-refractivity contribution < 1.29 is 28.9 Å². The van der Waals surface area contributed by atoms with Gasteiger partial charge in [-0.05, 0) is 19.4 Å². The summed E-state index contributed by atoms with van der Waals surface area (Å²) in [5.74, 6) is 0. The Morgan fingerprint density at radius 2 is 1.71 bits per heavy atom. The Morgan fingerprint density at radius 1 is 1.24 bits per heavy atom. The van der Waals surface area contributed by atoms with E-state index in [1.54, 1.807) is 0 Å². The first kappa shape index (κ1) is 17.3. The van der Waals surface area contributed by atoms with Gasteiger partial charge in [-0.25, -0.2) is 0 Å². The molecule has 7 nitrogen and oxygen atoms in total. The van der Waals surface area contributed by atoms with Crippen molar-refractivity contribution in [3.63, 3.8) is 0 Å². The monoisotopic (exact) mass is 289 g/mol. The molecule has 0 amide bonds. The second kappa shape index (κ2) is 5.93. The maximum atomic E-state index is 11.4. The third-order valence-electron chi connectivity index (χ3n) is 2.37. The van der Waals surface area contributed by atoms with Gasteiger partial charge in [0.15, 0.2) is 0 Å². The van der Waals surface area contributed by atoms with Crippen molar-refractivity contribution in [3.8, 4) is 0 Å². The molecule has 0 saturated heterocycles. The standard InChI is InChI=1S/C8H21NO6P2/c1-7(2)9-6-4-5-8(10,16(3,11)12)17(13,14)15/h7,9-10H,4-6H2,1-3H3,(H,11,12)(H2,13,14,15). The molecule has 5 N–H and O–H groups in total. The van der Waals surface area contributed by atoms with E-state index in [4.69, 9.17) is 9.79 Å². The van der Waals surface area contributed by atoms with Gasteiger partial charge >= 0.3 is 7.60 Å².